The number of thiocarbonyl (C=S) groups is 1. The van der Waals surface area contributed by atoms with Crippen molar-refractivity contribution in [1.29, 1.82) is 0 Å². The third-order valence-electron chi connectivity index (χ3n) is 3.51. The van der Waals surface area contributed by atoms with Crippen molar-refractivity contribution in [1.82, 2.24) is 15.1 Å². The largest absolute Gasteiger partial charge is 0.497 e. The van der Waals surface area contributed by atoms with Crippen molar-refractivity contribution in [3.63, 3.8) is 0 Å². The van der Waals surface area contributed by atoms with E-state index in [2.05, 4.69) is 27.9 Å². The van der Waals surface area contributed by atoms with Crippen molar-refractivity contribution in [2.75, 3.05) is 12.4 Å². The summed E-state index contributed by atoms with van der Waals surface area (Å²) in [5, 5.41) is 11.1. The van der Waals surface area contributed by atoms with Gasteiger partial charge in [-0.3, -0.25) is 0 Å². The highest BCUT2D eigenvalue weighted by Crippen LogP contribution is 2.15. The molecule has 0 aliphatic rings. The van der Waals surface area contributed by atoms with Crippen molar-refractivity contribution in [3.05, 3.63) is 72.6 Å². The van der Waals surface area contributed by atoms with Gasteiger partial charge < -0.3 is 15.4 Å². The topological polar surface area (TPSA) is 51.1 Å². The van der Waals surface area contributed by atoms with Crippen LogP contribution in [0.4, 0.5) is 5.69 Å². The Balaban J connectivity index is 1.52. The second-order valence-electron chi connectivity index (χ2n) is 5.15. The summed E-state index contributed by atoms with van der Waals surface area (Å²) in [6, 6.07) is 17.7. The second kappa shape index (κ2) is 7.61. The molecule has 0 spiro atoms. The summed E-state index contributed by atoms with van der Waals surface area (Å²) >= 11 is 5.32. The summed E-state index contributed by atoms with van der Waals surface area (Å²) in [5.74, 6) is 0.816. The quantitative estimate of drug-likeness (QED) is 0.699. The first kappa shape index (κ1) is 16.0. The summed E-state index contributed by atoms with van der Waals surface area (Å²) in [7, 11) is 1.65. The molecule has 1 heterocycles. The minimum atomic E-state index is 0.580. The number of nitrogens with zero attached hydrogens (tertiary/aromatic N) is 2. The average molecular weight is 338 g/mol. The monoisotopic (exact) mass is 338 g/mol. The molecule has 5 nitrogen and oxygen atoms in total. The normalized spacial score (nSPS) is 10.2. The number of nitrogens with one attached hydrogen (secondary N) is 2. The zero-order valence-electron chi connectivity index (χ0n) is 13.3. The fourth-order valence-corrected chi connectivity index (χ4v) is 2.41. The van der Waals surface area contributed by atoms with Gasteiger partial charge >= 0.3 is 0 Å². The lowest BCUT2D eigenvalue weighted by molar-refractivity contribution is 0.415. The maximum absolute atomic E-state index is 5.32. The van der Waals surface area contributed by atoms with Crippen LogP contribution in [0.2, 0.25) is 0 Å². The molecule has 2 N–H and O–H groups in total. The zero-order chi connectivity index (χ0) is 16.8. The van der Waals surface area contributed by atoms with Crippen LogP contribution >= 0.6 is 12.2 Å². The third kappa shape index (κ3) is 4.11. The number of aromatic nitrogens is 2. The lowest BCUT2D eigenvalue weighted by Gasteiger charge is -2.11. The molecule has 122 valence electrons. The average Bonchev–Trinajstić information content (AvgIpc) is 3.16. The molecule has 1 aromatic heterocycles. The maximum atomic E-state index is 5.32. The van der Waals surface area contributed by atoms with Crippen LogP contribution in [0, 0.1) is 0 Å². The van der Waals surface area contributed by atoms with Crippen LogP contribution in [0.1, 0.15) is 5.56 Å². The van der Waals surface area contributed by atoms with E-state index >= 15 is 0 Å². The molecule has 0 bridgehead atoms. The van der Waals surface area contributed by atoms with Gasteiger partial charge in [0.2, 0.25) is 0 Å². The van der Waals surface area contributed by atoms with Crippen LogP contribution in [0.3, 0.4) is 0 Å². The number of hydrogen-bond acceptors (Lipinski definition) is 3. The van der Waals surface area contributed by atoms with E-state index < -0.39 is 0 Å². The maximum Gasteiger partial charge on any atom is 0.171 e. The first-order chi connectivity index (χ1) is 11.7. The first-order valence-electron chi connectivity index (χ1n) is 7.52. The predicted molar refractivity (Wildman–Crippen MR) is 99.6 cm³/mol. The van der Waals surface area contributed by atoms with Gasteiger partial charge in [0.25, 0.3) is 0 Å². The van der Waals surface area contributed by atoms with Crippen molar-refractivity contribution in [3.8, 4) is 11.4 Å². The van der Waals surface area contributed by atoms with Crippen molar-refractivity contribution in [2.24, 2.45) is 0 Å². The van der Waals surface area contributed by atoms with Crippen LogP contribution in [0.25, 0.3) is 5.69 Å². The van der Waals surface area contributed by atoms with Gasteiger partial charge in [-0.2, -0.15) is 5.10 Å². The summed E-state index contributed by atoms with van der Waals surface area (Å²) < 4.78 is 6.96. The Hall–Kier alpha value is -2.86. The Morgan fingerprint density at radius 1 is 1.12 bits per heavy atom. The highest BCUT2D eigenvalue weighted by Gasteiger charge is 2.00. The van der Waals surface area contributed by atoms with E-state index in [4.69, 9.17) is 17.0 Å². The zero-order valence-corrected chi connectivity index (χ0v) is 14.1. The van der Waals surface area contributed by atoms with E-state index in [0.29, 0.717) is 11.7 Å². The fourth-order valence-electron chi connectivity index (χ4n) is 2.22. The van der Waals surface area contributed by atoms with E-state index in [1.165, 1.54) is 0 Å². The molecule has 24 heavy (non-hydrogen) atoms. The van der Waals surface area contributed by atoms with E-state index in [0.717, 1.165) is 22.7 Å². The molecule has 3 aromatic rings. The molecule has 0 radical (unpaired) electrons. The minimum absolute atomic E-state index is 0.580. The number of anilines is 1. The number of rotatable bonds is 5. The van der Waals surface area contributed by atoms with Crippen molar-refractivity contribution in [2.45, 2.75) is 6.54 Å². The summed E-state index contributed by atoms with van der Waals surface area (Å²) in [5.41, 5.74) is 3.09. The highest BCUT2D eigenvalue weighted by atomic mass is 32.1. The fraction of sp³-hybridized carbons (Fsp3) is 0.111. The Bertz CT molecular complexity index is 783. The first-order valence-corrected chi connectivity index (χ1v) is 7.93. The Labute approximate surface area is 146 Å². The van der Waals surface area contributed by atoms with Crippen LogP contribution in [0.15, 0.2) is 67.0 Å². The molecule has 0 fully saturated rings. The number of ether oxygens (including phenoxy) is 1. The van der Waals surface area contributed by atoms with Crippen LogP contribution in [0.5, 0.6) is 5.75 Å². The Kier molecular flexibility index (Phi) is 5.08. The summed E-state index contributed by atoms with van der Waals surface area (Å²) in [6.45, 7) is 0.654. The lowest BCUT2D eigenvalue weighted by Crippen LogP contribution is -2.27. The van der Waals surface area contributed by atoms with Gasteiger partial charge in [0, 0.05) is 24.6 Å². The molecule has 3 rings (SSSR count). The standard InChI is InChI=1S/C18H18N4OS/c1-23-17-9-5-15(6-10-17)21-18(24)19-13-14-3-7-16(8-4-14)22-12-2-11-20-22/h2-12H,13H2,1H3,(H2,19,21,24). The van der Waals surface area contributed by atoms with E-state index in [1.807, 2.05) is 53.3 Å². The van der Waals surface area contributed by atoms with Crippen LogP contribution in [-0.2, 0) is 6.54 Å². The number of methoxy groups -OCH3 is 1. The molecule has 6 heteroatoms. The molecule has 2 aromatic carbocycles. The van der Waals surface area contributed by atoms with Crippen molar-refractivity contribution >= 4 is 23.0 Å². The van der Waals surface area contributed by atoms with E-state index in [9.17, 15) is 0 Å². The SMILES string of the molecule is COc1ccc(NC(=S)NCc2ccc(-n3cccn3)cc2)cc1. The second-order valence-corrected chi connectivity index (χ2v) is 5.56. The van der Waals surface area contributed by atoms with E-state index in [-0.39, 0.29) is 0 Å². The molecule has 0 aliphatic heterocycles. The number of hydrogen-bond donors (Lipinski definition) is 2. The van der Waals surface area contributed by atoms with Gasteiger partial charge in [-0.25, -0.2) is 4.68 Å². The van der Waals surface area contributed by atoms with Gasteiger partial charge in [0.15, 0.2) is 5.11 Å². The van der Waals surface area contributed by atoms with Crippen LogP contribution in [-0.4, -0.2) is 22.0 Å². The van der Waals surface area contributed by atoms with Gasteiger partial charge in [0.05, 0.1) is 12.8 Å². The molecule has 0 amide bonds. The van der Waals surface area contributed by atoms with Gasteiger partial charge in [0.1, 0.15) is 5.75 Å². The Morgan fingerprint density at radius 2 is 1.88 bits per heavy atom. The molecule has 0 aliphatic carbocycles. The smallest absolute Gasteiger partial charge is 0.171 e. The summed E-state index contributed by atoms with van der Waals surface area (Å²) in [6.07, 6.45) is 3.68. The molecular formula is C18H18N4OS. The molecule has 0 saturated carbocycles. The number of benzene rings is 2. The van der Waals surface area contributed by atoms with Crippen LogP contribution < -0.4 is 15.4 Å². The third-order valence-corrected chi connectivity index (χ3v) is 3.75. The molecule has 0 atom stereocenters. The van der Waals surface area contributed by atoms with Crippen molar-refractivity contribution < 1.29 is 4.74 Å². The molecular weight excluding hydrogens is 320 g/mol. The Morgan fingerprint density at radius 3 is 2.50 bits per heavy atom. The minimum Gasteiger partial charge on any atom is -0.497 e. The predicted octanol–water partition coefficient (Wildman–Crippen LogP) is 3.37. The molecule has 0 saturated heterocycles. The van der Waals surface area contributed by atoms with E-state index in [1.54, 1.807) is 13.3 Å². The molecule has 0 unspecified atom stereocenters. The highest BCUT2D eigenvalue weighted by molar-refractivity contribution is 7.80. The van der Waals surface area contributed by atoms with Gasteiger partial charge in [-0.15, -0.1) is 0 Å². The van der Waals surface area contributed by atoms with Gasteiger partial charge in [-0.05, 0) is 60.2 Å². The lowest BCUT2D eigenvalue weighted by atomic mass is 10.2. The van der Waals surface area contributed by atoms with Gasteiger partial charge in [-0.1, -0.05) is 12.1 Å². The summed E-state index contributed by atoms with van der Waals surface area (Å²) in [4.78, 5) is 0.